The molecule has 0 saturated heterocycles. The highest BCUT2D eigenvalue weighted by Crippen LogP contribution is 2.40. The van der Waals surface area contributed by atoms with Crippen molar-refractivity contribution >= 4 is 11.6 Å². The lowest BCUT2D eigenvalue weighted by atomic mass is 9.64. The first-order chi connectivity index (χ1) is 8.95. The zero-order valence-corrected chi connectivity index (χ0v) is 12.7. The van der Waals surface area contributed by atoms with Crippen LogP contribution in [0.1, 0.15) is 26.7 Å². The largest absolute Gasteiger partial charge is 0.492 e. The van der Waals surface area contributed by atoms with E-state index >= 15 is 0 Å². The van der Waals surface area contributed by atoms with Gasteiger partial charge in [-0.25, -0.2) is 0 Å². The van der Waals surface area contributed by atoms with Gasteiger partial charge in [0.1, 0.15) is 12.4 Å². The van der Waals surface area contributed by atoms with E-state index in [4.69, 9.17) is 16.3 Å². The molecule has 3 nitrogen and oxygen atoms in total. The predicted molar refractivity (Wildman–Crippen MR) is 80.1 cm³/mol. The molecule has 0 amide bonds. The average molecular weight is 283 g/mol. The van der Waals surface area contributed by atoms with E-state index in [1.165, 1.54) is 0 Å². The highest BCUT2D eigenvalue weighted by atomic mass is 35.5. The first-order valence-corrected chi connectivity index (χ1v) is 7.15. The van der Waals surface area contributed by atoms with Crippen LogP contribution in [0.2, 0.25) is 5.02 Å². The molecule has 0 radical (unpaired) electrons. The molecule has 4 heteroatoms. The summed E-state index contributed by atoms with van der Waals surface area (Å²) >= 11 is 5.83. The highest BCUT2D eigenvalue weighted by Gasteiger charge is 2.47. The number of hydrogen-bond acceptors (Lipinski definition) is 3. The summed E-state index contributed by atoms with van der Waals surface area (Å²) in [5.74, 6) is 0.866. The lowest BCUT2D eigenvalue weighted by Gasteiger charge is -2.53. The standard InChI is InChI=1S/C15H23ClN2O/c1-14(17-3)10-15(2,11-14)18-8-9-19-13-6-4-12(16)5-7-13/h4-7,17-18H,8-11H2,1-3H3. The van der Waals surface area contributed by atoms with Crippen LogP contribution in [0.15, 0.2) is 24.3 Å². The van der Waals surface area contributed by atoms with Crippen molar-refractivity contribution in [1.82, 2.24) is 10.6 Å². The molecule has 0 bridgehead atoms. The number of benzene rings is 1. The van der Waals surface area contributed by atoms with Crippen molar-refractivity contribution in [2.24, 2.45) is 0 Å². The van der Waals surface area contributed by atoms with Crippen LogP contribution in [-0.2, 0) is 0 Å². The van der Waals surface area contributed by atoms with Crippen LogP contribution in [0, 0.1) is 0 Å². The molecule has 1 aliphatic carbocycles. The minimum absolute atomic E-state index is 0.237. The van der Waals surface area contributed by atoms with Gasteiger partial charge in [-0.1, -0.05) is 11.6 Å². The van der Waals surface area contributed by atoms with Crippen molar-refractivity contribution in [2.45, 2.75) is 37.8 Å². The van der Waals surface area contributed by atoms with Crippen molar-refractivity contribution in [3.63, 3.8) is 0 Å². The monoisotopic (exact) mass is 282 g/mol. The fourth-order valence-electron chi connectivity index (χ4n) is 3.02. The number of ether oxygens (including phenoxy) is 1. The Morgan fingerprint density at radius 2 is 1.79 bits per heavy atom. The molecule has 1 aromatic rings. The molecule has 106 valence electrons. The Morgan fingerprint density at radius 1 is 1.16 bits per heavy atom. The molecule has 0 spiro atoms. The second kappa shape index (κ2) is 5.70. The molecule has 1 saturated carbocycles. The van der Waals surface area contributed by atoms with E-state index in [1.807, 2.05) is 31.3 Å². The van der Waals surface area contributed by atoms with E-state index in [1.54, 1.807) is 0 Å². The topological polar surface area (TPSA) is 33.3 Å². The highest BCUT2D eigenvalue weighted by molar-refractivity contribution is 6.30. The summed E-state index contributed by atoms with van der Waals surface area (Å²) in [6, 6.07) is 7.47. The van der Waals surface area contributed by atoms with Crippen molar-refractivity contribution < 1.29 is 4.74 Å². The van der Waals surface area contributed by atoms with Gasteiger partial charge >= 0.3 is 0 Å². The van der Waals surface area contributed by atoms with Gasteiger partial charge in [-0.15, -0.1) is 0 Å². The predicted octanol–water partition coefficient (Wildman–Crippen LogP) is 2.84. The third-order valence-electron chi connectivity index (χ3n) is 3.90. The number of hydrogen-bond donors (Lipinski definition) is 2. The van der Waals surface area contributed by atoms with Crippen LogP contribution in [-0.4, -0.2) is 31.3 Å². The Morgan fingerprint density at radius 3 is 2.37 bits per heavy atom. The van der Waals surface area contributed by atoms with E-state index in [9.17, 15) is 0 Å². The summed E-state index contributed by atoms with van der Waals surface area (Å²) in [5.41, 5.74) is 0.528. The van der Waals surface area contributed by atoms with E-state index in [-0.39, 0.29) is 5.54 Å². The third kappa shape index (κ3) is 3.85. The van der Waals surface area contributed by atoms with Gasteiger partial charge in [0.15, 0.2) is 0 Å². The Hall–Kier alpha value is -0.770. The Labute approximate surface area is 120 Å². The first kappa shape index (κ1) is 14.6. The Kier molecular flexibility index (Phi) is 4.39. The molecule has 0 unspecified atom stereocenters. The molecule has 0 heterocycles. The summed E-state index contributed by atoms with van der Waals surface area (Å²) < 4.78 is 5.67. The molecule has 0 aromatic heterocycles. The molecule has 1 aromatic carbocycles. The maximum absolute atomic E-state index is 5.83. The summed E-state index contributed by atoms with van der Waals surface area (Å²) in [6.07, 6.45) is 2.30. The van der Waals surface area contributed by atoms with Crippen molar-refractivity contribution in [1.29, 1.82) is 0 Å². The molecule has 2 rings (SSSR count). The third-order valence-corrected chi connectivity index (χ3v) is 4.15. The average Bonchev–Trinajstić information content (AvgIpc) is 2.35. The minimum Gasteiger partial charge on any atom is -0.492 e. The van der Waals surface area contributed by atoms with E-state index in [0.29, 0.717) is 12.1 Å². The van der Waals surface area contributed by atoms with E-state index in [0.717, 1.165) is 30.2 Å². The normalized spacial score (nSPS) is 29.9. The maximum Gasteiger partial charge on any atom is 0.119 e. The molecule has 0 aliphatic heterocycles. The Balaban J connectivity index is 1.66. The second-order valence-corrected chi connectivity index (χ2v) is 6.39. The fourth-order valence-corrected chi connectivity index (χ4v) is 3.15. The van der Waals surface area contributed by atoms with Crippen molar-refractivity contribution in [3.05, 3.63) is 29.3 Å². The zero-order chi connectivity index (χ0) is 13.9. The van der Waals surface area contributed by atoms with Gasteiger partial charge in [-0.05, 0) is 58.0 Å². The van der Waals surface area contributed by atoms with Gasteiger partial charge in [0.05, 0.1) is 0 Å². The van der Waals surface area contributed by atoms with Gasteiger partial charge in [-0.2, -0.15) is 0 Å². The van der Waals surface area contributed by atoms with Gasteiger partial charge < -0.3 is 15.4 Å². The molecule has 19 heavy (non-hydrogen) atoms. The lowest BCUT2D eigenvalue weighted by molar-refractivity contribution is 0.0736. The molecule has 0 atom stereocenters. The molecule has 1 aliphatic rings. The van der Waals surface area contributed by atoms with Gasteiger partial charge in [-0.3, -0.25) is 0 Å². The molecule has 1 fully saturated rings. The van der Waals surface area contributed by atoms with Crippen molar-refractivity contribution in [2.75, 3.05) is 20.2 Å². The number of rotatable bonds is 6. The van der Waals surface area contributed by atoms with Crippen LogP contribution in [0.3, 0.4) is 0 Å². The van der Waals surface area contributed by atoms with E-state index < -0.39 is 0 Å². The SMILES string of the molecule is CNC1(C)CC(C)(NCCOc2ccc(Cl)cc2)C1. The van der Waals surface area contributed by atoms with Crippen LogP contribution >= 0.6 is 11.6 Å². The first-order valence-electron chi connectivity index (χ1n) is 6.77. The summed E-state index contributed by atoms with van der Waals surface area (Å²) in [5, 5.41) is 7.68. The summed E-state index contributed by atoms with van der Waals surface area (Å²) in [6.45, 7) is 6.07. The maximum atomic E-state index is 5.83. The van der Waals surface area contributed by atoms with Gasteiger partial charge in [0.25, 0.3) is 0 Å². The van der Waals surface area contributed by atoms with Crippen LogP contribution in [0.4, 0.5) is 0 Å². The van der Waals surface area contributed by atoms with Gasteiger partial charge in [0, 0.05) is 22.6 Å². The molecular weight excluding hydrogens is 260 g/mol. The molecule has 2 N–H and O–H groups in total. The number of halogens is 1. The summed E-state index contributed by atoms with van der Waals surface area (Å²) in [4.78, 5) is 0. The summed E-state index contributed by atoms with van der Waals surface area (Å²) in [7, 11) is 2.03. The van der Waals surface area contributed by atoms with Crippen LogP contribution in [0.5, 0.6) is 5.75 Å². The number of nitrogens with one attached hydrogen (secondary N) is 2. The van der Waals surface area contributed by atoms with Gasteiger partial charge in [0.2, 0.25) is 0 Å². The quantitative estimate of drug-likeness (QED) is 0.787. The smallest absolute Gasteiger partial charge is 0.119 e. The molecular formula is C15H23ClN2O. The van der Waals surface area contributed by atoms with E-state index in [2.05, 4.69) is 24.5 Å². The minimum atomic E-state index is 0.237. The van der Waals surface area contributed by atoms with Crippen LogP contribution < -0.4 is 15.4 Å². The zero-order valence-electron chi connectivity index (χ0n) is 11.9. The van der Waals surface area contributed by atoms with Crippen molar-refractivity contribution in [3.8, 4) is 5.75 Å². The lowest BCUT2D eigenvalue weighted by Crippen LogP contribution is -2.66. The second-order valence-electron chi connectivity index (χ2n) is 5.95. The Bertz CT molecular complexity index is 413. The van der Waals surface area contributed by atoms with Crippen LogP contribution in [0.25, 0.3) is 0 Å². The fraction of sp³-hybridized carbons (Fsp3) is 0.600.